The van der Waals surface area contributed by atoms with Gasteiger partial charge in [-0.25, -0.2) is 5.84 Å². The van der Waals surface area contributed by atoms with Crippen molar-refractivity contribution in [2.24, 2.45) is 33.2 Å². The summed E-state index contributed by atoms with van der Waals surface area (Å²) in [5.74, 6) is 4.66. The molecule has 4 aromatic carbocycles. The summed E-state index contributed by atoms with van der Waals surface area (Å²) in [7, 11) is -2.31. The third kappa shape index (κ3) is 16.3. The summed E-state index contributed by atoms with van der Waals surface area (Å²) >= 11 is 6.47. The topological polar surface area (TPSA) is 347 Å². The summed E-state index contributed by atoms with van der Waals surface area (Å²) in [4.78, 5) is 60.5. The van der Waals surface area contributed by atoms with E-state index in [1.807, 2.05) is 55.4 Å². The molecular weight excluding hydrogens is 1250 g/mol. The fraction of sp³-hybridized carbons (Fsp3) is 0.477. The lowest BCUT2D eigenvalue weighted by atomic mass is 9.88. The van der Waals surface area contributed by atoms with E-state index >= 15 is 0 Å². The molecule has 5 atom stereocenters. The first kappa shape index (κ1) is 69.6. The molecule has 0 aliphatic carbocycles. The van der Waals surface area contributed by atoms with Gasteiger partial charge in [0.15, 0.2) is 28.7 Å². The Morgan fingerprint density at radius 1 is 0.785 bits per heavy atom. The number of methoxy groups -OCH3 is 1. The van der Waals surface area contributed by atoms with Gasteiger partial charge in [-0.1, -0.05) is 67.0 Å². The van der Waals surface area contributed by atoms with Crippen LogP contribution in [0.25, 0.3) is 27.2 Å². The predicted molar refractivity (Wildman–Crippen MR) is 344 cm³/mol. The van der Waals surface area contributed by atoms with Gasteiger partial charge in [0.25, 0.3) is 23.6 Å². The van der Waals surface area contributed by atoms with Crippen molar-refractivity contribution in [2.75, 3.05) is 91.5 Å². The number of allylic oxidation sites excluding steroid dienone is 1. The number of amides is 4. The second-order valence-electron chi connectivity index (χ2n) is 26.9. The summed E-state index contributed by atoms with van der Waals surface area (Å²) in [6, 6.07) is 14.8. The molecule has 4 aliphatic rings. The predicted octanol–water partition coefficient (Wildman–Crippen LogP) is 5.72. The number of aliphatic hydroxyl groups is 4. The minimum absolute atomic E-state index is 0.0423. The minimum atomic E-state index is -5.31. The number of hydrazine groups is 1. The number of nitrogens with zero attached hydrogens (tertiary/aromatic N) is 4. The van der Waals surface area contributed by atoms with Crippen LogP contribution in [0.3, 0.4) is 0 Å². The van der Waals surface area contributed by atoms with Crippen molar-refractivity contribution in [1.29, 1.82) is 0 Å². The standard InChI is InChI=1S/C65H82ClN7O19S/c1-62(2,33-85-36-65(7,8)32-73-52(75)17-18-53(73)76)25-39(67)28-71(68)31-64(5,6)35-86-34-63(3,4)30-70(9)59(80)37-11-15-47(89-61-57(79)56(78)55(77)51(29-74)90-61)50(21-37)92-93(82,83)91-49-24-46-54(42-22-40(84-10)12-13-41(42)49)38(26-66)27-72(46)60(81)45-23-43-44(69-45)14-16-48-58(43)88-20-19-87-48/h11-18,21-24,26,28,51,55-57,61,69,74,77-79H,19-20,25,27,29-36,67-68H2,1-10H3/b38-26+,39-28-/t51-,55+,56+,57+,61-/m1/s1. The van der Waals surface area contributed by atoms with Crippen molar-refractivity contribution in [2.45, 2.75) is 92.5 Å². The SMILES string of the molecule is COc1ccc2c(OS(=O)(=O)Oc3cc(C(=O)N(C)CC(C)(C)COCC(C)(C)CN(N)/C=C(\N)CC(C)(C)COCC(C)(C)CN4C(=O)C=CC4=O)ccc3O[C@@H]3O[C@H](CO)[C@H](O)[C@H](O)[C@@H]3O)cc3c(c2c1)/C(=C/Cl)CN3C(=O)c1cc2c3c(ccc2[nH]1)OCCO3. The van der Waals surface area contributed by atoms with Crippen molar-refractivity contribution in [1.82, 2.24) is 19.8 Å². The fourth-order valence-electron chi connectivity index (χ4n) is 11.7. The van der Waals surface area contributed by atoms with Crippen LogP contribution in [0, 0.1) is 21.7 Å². The number of halogens is 1. The van der Waals surface area contributed by atoms with Gasteiger partial charge >= 0.3 is 10.4 Å². The zero-order chi connectivity index (χ0) is 67.7. The van der Waals surface area contributed by atoms with Crippen LogP contribution in [0.2, 0.25) is 0 Å². The molecule has 0 saturated carbocycles. The van der Waals surface area contributed by atoms with Crippen LogP contribution in [0.5, 0.6) is 34.5 Å². The van der Waals surface area contributed by atoms with Crippen LogP contribution in [-0.4, -0.2) is 190 Å². The number of nitrogens with one attached hydrogen (secondary N) is 1. The number of rotatable bonds is 27. The molecule has 0 unspecified atom stereocenters. The summed E-state index contributed by atoms with van der Waals surface area (Å²) in [6.45, 7) is 17.3. The Labute approximate surface area is 544 Å². The van der Waals surface area contributed by atoms with Crippen molar-refractivity contribution >= 4 is 78.6 Å². The molecule has 4 aliphatic heterocycles. The van der Waals surface area contributed by atoms with Gasteiger partial charge in [-0.3, -0.25) is 24.1 Å². The van der Waals surface area contributed by atoms with Gasteiger partial charge < -0.3 is 87.5 Å². The number of carbonyl (C=O) groups is 4. The molecule has 4 amide bonds. The number of hydrogen-bond acceptors (Lipinski definition) is 22. The van der Waals surface area contributed by atoms with Gasteiger partial charge in [0, 0.05) is 100 Å². The van der Waals surface area contributed by atoms with Gasteiger partial charge in [-0.05, 0) is 77.4 Å². The van der Waals surface area contributed by atoms with Crippen molar-refractivity contribution in [3.8, 4) is 34.5 Å². The number of nitrogens with two attached hydrogens (primary N) is 2. The van der Waals surface area contributed by atoms with Crippen LogP contribution >= 0.6 is 11.6 Å². The molecule has 1 aromatic heterocycles. The molecule has 0 radical (unpaired) electrons. The zero-order valence-electron chi connectivity index (χ0n) is 53.6. The van der Waals surface area contributed by atoms with Crippen LogP contribution in [0.15, 0.2) is 90.2 Å². The van der Waals surface area contributed by atoms with Crippen LogP contribution < -0.4 is 43.8 Å². The second kappa shape index (κ2) is 27.7. The molecule has 93 heavy (non-hydrogen) atoms. The number of aliphatic hydroxyl groups excluding tert-OH is 4. The number of H-pyrrole nitrogens is 1. The lowest BCUT2D eigenvalue weighted by Gasteiger charge is -2.39. The van der Waals surface area contributed by atoms with Gasteiger partial charge in [-0.2, -0.15) is 0 Å². The van der Waals surface area contributed by atoms with Crippen molar-refractivity contribution < 1.29 is 89.5 Å². The number of ether oxygens (including phenoxy) is 7. The summed E-state index contributed by atoms with van der Waals surface area (Å²) in [5, 5.41) is 44.8. The molecule has 5 aromatic rings. The molecule has 9 rings (SSSR count). The Morgan fingerprint density at radius 3 is 2.12 bits per heavy atom. The summed E-state index contributed by atoms with van der Waals surface area (Å²) in [5.41, 5.74) is 8.20. The molecule has 5 heterocycles. The summed E-state index contributed by atoms with van der Waals surface area (Å²) < 4.78 is 81.7. The molecule has 504 valence electrons. The monoisotopic (exact) mass is 1330 g/mol. The van der Waals surface area contributed by atoms with E-state index < -0.39 is 87.3 Å². The third-order valence-electron chi connectivity index (χ3n) is 15.9. The second-order valence-corrected chi connectivity index (χ2v) is 28.3. The Kier molecular flexibility index (Phi) is 20.7. The highest BCUT2D eigenvalue weighted by Gasteiger charge is 2.46. The quantitative estimate of drug-likeness (QED) is 0.0188. The lowest BCUT2D eigenvalue weighted by molar-refractivity contribution is -0.277. The molecule has 0 bridgehead atoms. The third-order valence-corrected chi connectivity index (χ3v) is 16.9. The Morgan fingerprint density at radius 2 is 1.44 bits per heavy atom. The molecule has 28 heteroatoms. The maximum absolute atomic E-state index is 14.7. The van der Waals surface area contributed by atoms with Crippen LogP contribution in [-0.2, 0) is 34.2 Å². The molecule has 1 fully saturated rings. The molecule has 26 nitrogen and oxygen atoms in total. The molecule has 9 N–H and O–H groups in total. The molecule has 1 saturated heterocycles. The number of aromatic amines is 1. The Bertz CT molecular complexity index is 3850. The van der Waals surface area contributed by atoms with E-state index in [0.717, 1.165) is 6.07 Å². The molecule has 0 spiro atoms. The van der Waals surface area contributed by atoms with Crippen LogP contribution in [0.1, 0.15) is 88.2 Å². The first-order valence-electron chi connectivity index (χ1n) is 30.1. The fourth-order valence-corrected chi connectivity index (χ4v) is 12.6. The van der Waals surface area contributed by atoms with E-state index in [2.05, 4.69) is 4.98 Å². The minimum Gasteiger partial charge on any atom is -0.497 e. The normalized spacial score (nSPS) is 20.0. The summed E-state index contributed by atoms with van der Waals surface area (Å²) in [6.07, 6.45) is -4.15. The highest BCUT2D eigenvalue weighted by Crippen LogP contribution is 2.48. The van der Waals surface area contributed by atoms with E-state index in [4.69, 9.17) is 64.7 Å². The number of benzene rings is 4. The van der Waals surface area contributed by atoms with Gasteiger partial charge in [0.1, 0.15) is 49.1 Å². The van der Waals surface area contributed by atoms with Gasteiger partial charge in [0.2, 0.25) is 6.29 Å². The van der Waals surface area contributed by atoms with Crippen molar-refractivity contribution in [3.05, 3.63) is 107 Å². The van der Waals surface area contributed by atoms with E-state index in [9.17, 15) is 48.0 Å². The van der Waals surface area contributed by atoms with Gasteiger partial charge in [-0.15, -0.1) is 8.42 Å². The maximum Gasteiger partial charge on any atom is 0.501 e. The van der Waals surface area contributed by atoms with E-state index in [1.165, 1.54) is 62.7 Å². The van der Waals surface area contributed by atoms with Gasteiger partial charge in [0.05, 0.1) is 57.9 Å². The largest absolute Gasteiger partial charge is 0.501 e. The first-order valence-corrected chi connectivity index (χ1v) is 31.8. The van der Waals surface area contributed by atoms with E-state index in [-0.39, 0.29) is 78.2 Å². The Balaban J connectivity index is 0.890. The van der Waals surface area contributed by atoms with E-state index in [0.29, 0.717) is 89.8 Å². The lowest BCUT2D eigenvalue weighted by Crippen LogP contribution is -2.60. The molecular formula is C65H82ClN7O19S. The number of hydrogen-bond donors (Lipinski definition) is 7. The van der Waals surface area contributed by atoms with E-state index in [1.54, 1.807) is 49.6 Å². The average molecular weight is 1330 g/mol. The number of imide groups is 1. The van der Waals surface area contributed by atoms with Crippen molar-refractivity contribution in [3.63, 3.8) is 0 Å². The number of fused-ring (bicyclic) bond motifs is 6. The highest BCUT2D eigenvalue weighted by molar-refractivity contribution is 7.82. The zero-order valence-corrected chi connectivity index (χ0v) is 55.2. The number of carbonyl (C=O) groups excluding carboxylic acids is 4. The maximum atomic E-state index is 14.7. The first-order chi connectivity index (χ1) is 43.7. The number of aromatic nitrogens is 1. The van der Waals surface area contributed by atoms with Crippen LogP contribution in [0.4, 0.5) is 5.69 Å². The average Bonchev–Trinajstić information content (AvgIpc) is 1.62. The number of anilines is 1. The Hall–Kier alpha value is -7.70. The smallest absolute Gasteiger partial charge is 0.497 e. The highest BCUT2D eigenvalue weighted by atomic mass is 35.5.